The normalized spacial score (nSPS) is 12.3. The van der Waals surface area contributed by atoms with Crippen LogP contribution in [0.2, 0.25) is 0 Å². The van der Waals surface area contributed by atoms with E-state index in [9.17, 15) is 4.79 Å². The van der Waals surface area contributed by atoms with Crippen molar-refractivity contribution in [2.45, 2.75) is 39.7 Å². The van der Waals surface area contributed by atoms with Crippen molar-refractivity contribution in [3.8, 4) is 0 Å². The third kappa shape index (κ3) is 3.10. The molecular formula is C17H22N2O. The Kier molecular flexibility index (Phi) is 4.28. The largest absolute Gasteiger partial charge is 0.366 e. The highest BCUT2D eigenvalue weighted by atomic mass is 16.1. The fourth-order valence-electron chi connectivity index (χ4n) is 2.72. The number of hydrogen-bond acceptors (Lipinski definition) is 1. The summed E-state index contributed by atoms with van der Waals surface area (Å²) >= 11 is 0. The molecule has 20 heavy (non-hydrogen) atoms. The predicted octanol–water partition coefficient (Wildman–Crippen LogP) is 3.40. The van der Waals surface area contributed by atoms with Crippen LogP contribution < -0.4 is 5.73 Å². The highest BCUT2D eigenvalue weighted by Gasteiger charge is 2.09. The molecule has 2 aromatic rings. The molecule has 1 heterocycles. The molecule has 3 heteroatoms. The molecule has 2 rings (SSSR count). The number of carbonyl (C=O) groups excluding carboxylic acids is 1. The number of primary amides is 1. The van der Waals surface area contributed by atoms with Gasteiger partial charge in [-0.3, -0.25) is 4.79 Å². The van der Waals surface area contributed by atoms with Crippen LogP contribution in [-0.4, -0.2) is 10.5 Å². The van der Waals surface area contributed by atoms with Crippen molar-refractivity contribution in [2.24, 2.45) is 5.73 Å². The summed E-state index contributed by atoms with van der Waals surface area (Å²) in [5, 5.41) is 0. The van der Waals surface area contributed by atoms with Gasteiger partial charge in [-0.25, -0.2) is 0 Å². The molecule has 0 bridgehead atoms. The molecule has 0 aliphatic heterocycles. The monoisotopic (exact) mass is 270 g/mol. The molecule has 3 nitrogen and oxygen atoms in total. The van der Waals surface area contributed by atoms with Gasteiger partial charge in [0.25, 0.3) is 0 Å². The SMILES string of the molecule is Cc1ccc(C)n1C(C)CCc1ccc(C(N)=O)cc1. The summed E-state index contributed by atoms with van der Waals surface area (Å²) in [6, 6.07) is 12.4. The van der Waals surface area contributed by atoms with Gasteiger partial charge in [0.15, 0.2) is 0 Å². The maximum absolute atomic E-state index is 11.0. The Bertz CT molecular complexity index is 576. The highest BCUT2D eigenvalue weighted by molar-refractivity contribution is 5.92. The maximum Gasteiger partial charge on any atom is 0.248 e. The standard InChI is InChI=1S/C17H22N2O/c1-12-4-5-13(2)19(12)14(3)6-7-15-8-10-16(11-9-15)17(18)20/h4-5,8-11,14H,6-7H2,1-3H3,(H2,18,20). The lowest BCUT2D eigenvalue weighted by Crippen LogP contribution is -2.11. The Balaban J connectivity index is 2.00. The lowest BCUT2D eigenvalue weighted by Gasteiger charge is -2.18. The number of benzene rings is 1. The Hall–Kier alpha value is -2.03. The minimum Gasteiger partial charge on any atom is -0.366 e. The molecule has 0 saturated carbocycles. The van der Waals surface area contributed by atoms with Gasteiger partial charge in [0.2, 0.25) is 5.91 Å². The number of aryl methyl sites for hydroxylation is 3. The van der Waals surface area contributed by atoms with Crippen molar-refractivity contribution in [1.82, 2.24) is 4.57 Å². The first-order valence-electron chi connectivity index (χ1n) is 7.02. The summed E-state index contributed by atoms with van der Waals surface area (Å²) in [6.07, 6.45) is 2.07. The summed E-state index contributed by atoms with van der Waals surface area (Å²) in [5.41, 5.74) is 9.66. The Labute approximate surface area is 120 Å². The first kappa shape index (κ1) is 14.4. The zero-order valence-corrected chi connectivity index (χ0v) is 12.4. The molecule has 0 aliphatic carbocycles. The topological polar surface area (TPSA) is 48.0 Å². The third-order valence-corrected chi connectivity index (χ3v) is 3.86. The molecule has 1 amide bonds. The summed E-state index contributed by atoms with van der Waals surface area (Å²) in [7, 11) is 0. The second-order valence-corrected chi connectivity index (χ2v) is 5.43. The predicted molar refractivity (Wildman–Crippen MR) is 81.9 cm³/mol. The van der Waals surface area contributed by atoms with Crippen LogP contribution in [0.15, 0.2) is 36.4 Å². The zero-order valence-electron chi connectivity index (χ0n) is 12.4. The van der Waals surface area contributed by atoms with E-state index in [1.165, 1.54) is 17.0 Å². The first-order valence-corrected chi connectivity index (χ1v) is 7.02. The van der Waals surface area contributed by atoms with Gasteiger partial charge in [0.05, 0.1) is 0 Å². The smallest absolute Gasteiger partial charge is 0.248 e. The Morgan fingerprint density at radius 2 is 1.65 bits per heavy atom. The van der Waals surface area contributed by atoms with Gasteiger partial charge < -0.3 is 10.3 Å². The van der Waals surface area contributed by atoms with Crippen LogP contribution in [0.3, 0.4) is 0 Å². The summed E-state index contributed by atoms with van der Waals surface area (Å²) in [4.78, 5) is 11.0. The fraction of sp³-hybridized carbons (Fsp3) is 0.353. The molecule has 1 aromatic carbocycles. The number of carbonyl (C=O) groups is 1. The maximum atomic E-state index is 11.0. The van der Waals surface area contributed by atoms with E-state index in [2.05, 4.69) is 37.5 Å². The minimum atomic E-state index is -0.372. The lowest BCUT2D eigenvalue weighted by atomic mass is 10.0. The molecule has 0 fully saturated rings. The number of amides is 1. The number of aromatic nitrogens is 1. The Morgan fingerprint density at radius 1 is 1.10 bits per heavy atom. The summed E-state index contributed by atoms with van der Waals surface area (Å²) < 4.78 is 2.37. The molecule has 106 valence electrons. The zero-order chi connectivity index (χ0) is 14.7. The van der Waals surface area contributed by atoms with E-state index in [4.69, 9.17) is 5.73 Å². The fourth-order valence-corrected chi connectivity index (χ4v) is 2.72. The van der Waals surface area contributed by atoms with Gasteiger partial charge in [-0.15, -0.1) is 0 Å². The molecule has 0 aliphatic rings. The van der Waals surface area contributed by atoms with Gasteiger partial charge in [-0.05, 0) is 63.4 Å². The second-order valence-electron chi connectivity index (χ2n) is 5.43. The van der Waals surface area contributed by atoms with E-state index >= 15 is 0 Å². The molecule has 1 aromatic heterocycles. The molecule has 0 saturated heterocycles. The van der Waals surface area contributed by atoms with Crippen molar-refractivity contribution in [2.75, 3.05) is 0 Å². The minimum absolute atomic E-state index is 0.372. The van der Waals surface area contributed by atoms with Crippen LogP contribution in [0, 0.1) is 13.8 Å². The van der Waals surface area contributed by atoms with Gasteiger partial charge in [0, 0.05) is 23.0 Å². The van der Waals surface area contributed by atoms with Crippen LogP contribution in [0.4, 0.5) is 0 Å². The number of rotatable bonds is 5. The summed E-state index contributed by atoms with van der Waals surface area (Å²) in [6.45, 7) is 6.54. The average Bonchev–Trinajstić information content (AvgIpc) is 2.76. The van der Waals surface area contributed by atoms with Gasteiger partial charge in [-0.1, -0.05) is 12.1 Å². The summed E-state index contributed by atoms with van der Waals surface area (Å²) in [5.74, 6) is -0.372. The second kappa shape index (κ2) is 5.95. The van der Waals surface area contributed by atoms with Crippen LogP contribution in [-0.2, 0) is 6.42 Å². The number of nitrogens with two attached hydrogens (primary N) is 1. The van der Waals surface area contributed by atoms with E-state index in [0.717, 1.165) is 12.8 Å². The quantitative estimate of drug-likeness (QED) is 0.889. The van der Waals surface area contributed by atoms with Crippen LogP contribution in [0.25, 0.3) is 0 Å². The molecule has 1 atom stereocenters. The molecule has 2 N–H and O–H groups in total. The van der Waals surface area contributed by atoms with Crippen molar-refractivity contribution in [1.29, 1.82) is 0 Å². The third-order valence-electron chi connectivity index (χ3n) is 3.86. The van der Waals surface area contributed by atoms with Gasteiger partial charge >= 0.3 is 0 Å². The van der Waals surface area contributed by atoms with Crippen molar-refractivity contribution in [3.05, 3.63) is 58.9 Å². The van der Waals surface area contributed by atoms with Crippen LogP contribution >= 0.6 is 0 Å². The van der Waals surface area contributed by atoms with E-state index in [1.807, 2.05) is 12.1 Å². The van der Waals surface area contributed by atoms with E-state index in [1.54, 1.807) is 12.1 Å². The van der Waals surface area contributed by atoms with Crippen molar-refractivity contribution in [3.63, 3.8) is 0 Å². The molecule has 0 radical (unpaired) electrons. The molecule has 1 unspecified atom stereocenters. The number of hydrogen-bond donors (Lipinski definition) is 1. The van der Waals surface area contributed by atoms with E-state index < -0.39 is 0 Å². The van der Waals surface area contributed by atoms with Crippen LogP contribution in [0.1, 0.15) is 46.7 Å². The Morgan fingerprint density at radius 3 is 2.15 bits per heavy atom. The lowest BCUT2D eigenvalue weighted by molar-refractivity contribution is 0.100. The highest BCUT2D eigenvalue weighted by Crippen LogP contribution is 2.20. The number of nitrogens with zero attached hydrogens (tertiary/aromatic N) is 1. The first-order chi connectivity index (χ1) is 9.49. The van der Waals surface area contributed by atoms with Gasteiger partial charge in [-0.2, -0.15) is 0 Å². The molecular weight excluding hydrogens is 248 g/mol. The van der Waals surface area contributed by atoms with Crippen LogP contribution in [0.5, 0.6) is 0 Å². The van der Waals surface area contributed by atoms with Crippen molar-refractivity contribution >= 4 is 5.91 Å². The van der Waals surface area contributed by atoms with Crippen molar-refractivity contribution < 1.29 is 4.79 Å². The van der Waals surface area contributed by atoms with Gasteiger partial charge in [0.1, 0.15) is 0 Å². The van der Waals surface area contributed by atoms with E-state index in [-0.39, 0.29) is 5.91 Å². The molecule has 0 spiro atoms. The average molecular weight is 270 g/mol. The van der Waals surface area contributed by atoms with E-state index in [0.29, 0.717) is 11.6 Å².